The van der Waals surface area contributed by atoms with Crippen molar-refractivity contribution < 1.29 is 9.63 Å². The molecule has 0 aromatic carbocycles. The molecule has 1 aliphatic carbocycles. The molecule has 0 saturated heterocycles. The van der Waals surface area contributed by atoms with Crippen molar-refractivity contribution in [2.24, 2.45) is 5.16 Å². The van der Waals surface area contributed by atoms with Crippen LogP contribution in [-0.4, -0.2) is 26.4 Å². The normalized spacial score (nSPS) is 17.4. The molecule has 92 valence electrons. The fourth-order valence-corrected chi connectivity index (χ4v) is 2.17. The molecule has 0 spiro atoms. The SMILES string of the molecule is Nc1nc(C(=NOC2CCCC2)C(=O)Cl)ns1. The molecule has 0 atom stereocenters. The Morgan fingerprint density at radius 2 is 2.24 bits per heavy atom. The van der Waals surface area contributed by atoms with Gasteiger partial charge in [-0.05, 0) is 37.3 Å². The third-order valence-electron chi connectivity index (χ3n) is 2.43. The maximum absolute atomic E-state index is 11.2. The van der Waals surface area contributed by atoms with Crippen molar-refractivity contribution in [1.29, 1.82) is 0 Å². The monoisotopic (exact) mass is 274 g/mol. The van der Waals surface area contributed by atoms with Gasteiger partial charge < -0.3 is 10.6 Å². The lowest BCUT2D eigenvalue weighted by atomic mass is 10.3. The number of carbonyl (C=O) groups is 1. The summed E-state index contributed by atoms with van der Waals surface area (Å²) in [6, 6.07) is 0. The van der Waals surface area contributed by atoms with E-state index in [1.165, 1.54) is 0 Å². The number of carbonyl (C=O) groups excluding carboxylic acids is 1. The standard InChI is InChI=1S/C9H11ClN4O2S/c10-7(15)6(8-12-9(11)17-14-8)13-16-5-3-1-2-4-5/h5H,1-4H2,(H2,11,12,14). The Balaban J connectivity index is 2.11. The molecule has 1 saturated carbocycles. The Morgan fingerprint density at radius 1 is 1.53 bits per heavy atom. The number of nitrogens with two attached hydrogens (primary N) is 1. The summed E-state index contributed by atoms with van der Waals surface area (Å²) in [4.78, 5) is 20.3. The number of nitrogens with zero attached hydrogens (tertiary/aromatic N) is 3. The molecule has 2 N–H and O–H groups in total. The van der Waals surface area contributed by atoms with E-state index in [1.807, 2.05) is 0 Å². The second kappa shape index (κ2) is 5.42. The van der Waals surface area contributed by atoms with Crippen molar-refractivity contribution in [1.82, 2.24) is 9.36 Å². The quantitative estimate of drug-likeness (QED) is 0.511. The van der Waals surface area contributed by atoms with E-state index in [1.54, 1.807) is 0 Å². The minimum atomic E-state index is -0.749. The fourth-order valence-electron chi connectivity index (χ4n) is 1.62. The van der Waals surface area contributed by atoms with Gasteiger partial charge in [0.1, 0.15) is 6.10 Å². The maximum Gasteiger partial charge on any atom is 0.278 e. The number of aromatic nitrogens is 2. The van der Waals surface area contributed by atoms with Crippen LogP contribution in [-0.2, 0) is 9.63 Å². The number of nitrogen functional groups attached to an aromatic ring is 1. The lowest BCUT2D eigenvalue weighted by molar-refractivity contribution is -0.106. The lowest BCUT2D eigenvalue weighted by Gasteiger charge is -2.06. The summed E-state index contributed by atoms with van der Waals surface area (Å²) in [7, 11) is 0. The Bertz CT molecular complexity index is 442. The maximum atomic E-state index is 11.2. The van der Waals surface area contributed by atoms with E-state index in [0.717, 1.165) is 37.2 Å². The Morgan fingerprint density at radius 3 is 2.76 bits per heavy atom. The zero-order chi connectivity index (χ0) is 12.3. The minimum Gasteiger partial charge on any atom is -0.392 e. The Labute approximate surface area is 107 Å². The van der Waals surface area contributed by atoms with E-state index in [9.17, 15) is 4.79 Å². The van der Waals surface area contributed by atoms with Crippen LogP contribution in [0.4, 0.5) is 5.13 Å². The molecule has 1 fully saturated rings. The summed E-state index contributed by atoms with van der Waals surface area (Å²) < 4.78 is 3.87. The van der Waals surface area contributed by atoms with Crippen LogP contribution in [0.15, 0.2) is 5.16 Å². The van der Waals surface area contributed by atoms with Gasteiger partial charge in [0.2, 0.25) is 11.5 Å². The van der Waals surface area contributed by atoms with E-state index in [4.69, 9.17) is 22.2 Å². The highest BCUT2D eigenvalue weighted by molar-refractivity contribution is 7.09. The number of halogens is 1. The highest BCUT2D eigenvalue weighted by atomic mass is 35.5. The van der Waals surface area contributed by atoms with Crippen LogP contribution in [0.5, 0.6) is 0 Å². The topological polar surface area (TPSA) is 90.5 Å². The van der Waals surface area contributed by atoms with Gasteiger partial charge in [-0.1, -0.05) is 5.16 Å². The molecule has 1 aromatic rings. The Kier molecular flexibility index (Phi) is 3.90. The first kappa shape index (κ1) is 12.3. The van der Waals surface area contributed by atoms with Crippen molar-refractivity contribution in [2.45, 2.75) is 31.8 Å². The van der Waals surface area contributed by atoms with Gasteiger partial charge in [-0.15, -0.1) is 0 Å². The third-order valence-corrected chi connectivity index (χ3v) is 3.16. The second-order valence-corrected chi connectivity index (χ2v) is 4.81. The third kappa shape index (κ3) is 3.13. The zero-order valence-corrected chi connectivity index (χ0v) is 10.5. The average Bonchev–Trinajstić information content (AvgIpc) is 2.90. The minimum absolute atomic E-state index is 0.0528. The van der Waals surface area contributed by atoms with Gasteiger partial charge in [0.15, 0.2) is 5.13 Å². The predicted octanol–water partition coefficient (Wildman–Crippen LogP) is 1.55. The highest BCUT2D eigenvalue weighted by Crippen LogP contribution is 2.21. The molecule has 1 aromatic heterocycles. The number of rotatable bonds is 4. The number of oxime groups is 1. The largest absolute Gasteiger partial charge is 0.392 e. The van der Waals surface area contributed by atoms with E-state index >= 15 is 0 Å². The van der Waals surface area contributed by atoms with Crippen LogP contribution in [0.3, 0.4) is 0 Å². The molecule has 8 heteroatoms. The fraction of sp³-hybridized carbons (Fsp3) is 0.556. The number of anilines is 1. The molecule has 0 aliphatic heterocycles. The van der Waals surface area contributed by atoms with Crippen LogP contribution < -0.4 is 5.73 Å². The first-order valence-electron chi connectivity index (χ1n) is 5.20. The van der Waals surface area contributed by atoms with Crippen LogP contribution >= 0.6 is 23.1 Å². The van der Waals surface area contributed by atoms with Crippen LogP contribution in [0.25, 0.3) is 0 Å². The van der Waals surface area contributed by atoms with Gasteiger partial charge in [0, 0.05) is 11.5 Å². The molecular weight excluding hydrogens is 264 g/mol. The van der Waals surface area contributed by atoms with E-state index in [2.05, 4.69) is 14.5 Å². The second-order valence-electron chi connectivity index (χ2n) is 3.68. The molecule has 1 heterocycles. The summed E-state index contributed by atoms with van der Waals surface area (Å²) in [5.74, 6) is 0.116. The van der Waals surface area contributed by atoms with Gasteiger partial charge in [-0.2, -0.15) is 9.36 Å². The average molecular weight is 275 g/mol. The molecule has 0 unspecified atom stereocenters. The molecular formula is C9H11ClN4O2S. The summed E-state index contributed by atoms with van der Waals surface area (Å²) in [5.41, 5.74) is 5.34. The zero-order valence-electron chi connectivity index (χ0n) is 8.93. The summed E-state index contributed by atoms with van der Waals surface area (Å²) in [6.45, 7) is 0. The number of hydrogen-bond donors (Lipinski definition) is 1. The van der Waals surface area contributed by atoms with Crippen LogP contribution in [0.2, 0.25) is 0 Å². The first-order chi connectivity index (χ1) is 8.16. The van der Waals surface area contributed by atoms with Gasteiger partial charge in [0.05, 0.1) is 0 Å². The van der Waals surface area contributed by atoms with Gasteiger partial charge in [-0.3, -0.25) is 4.79 Å². The summed E-state index contributed by atoms with van der Waals surface area (Å²) in [6.07, 6.45) is 4.18. The van der Waals surface area contributed by atoms with E-state index in [-0.39, 0.29) is 22.8 Å². The number of hydrogen-bond acceptors (Lipinski definition) is 7. The molecule has 0 radical (unpaired) electrons. The van der Waals surface area contributed by atoms with Gasteiger partial charge in [0.25, 0.3) is 5.24 Å². The van der Waals surface area contributed by atoms with Gasteiger partial charge in [-0.25, -0.2) is 0 Å². The molecule has 1 aliphatic rings. The molecule has 6 nitrogen and oxygen atoms in total. The lowest BCUT2D eigenvalue weighted by Crippen LogP contribution is -2.14. The van der Waals surface area contributed by atoms with E-state index in [0.29, 0.717) is 0 Å². The highest BCUT2D eigenvalue weighted by Gasteiger charge is 2.21. The van der Waals surface area contributed by atoms with E-state index < -0.39 is 5.24 Å². The predicted molar refractivity (Wildman–Crippen MR) is 65.1 cm³/mol. The molecule has 0 amide bonds. The van der Waals surface area contributed by atoms with Crippen molar-refractivity contribution in [3.8, 4) is 0 Å². The van der Waals surface area contributed by atoms with Crippen LogP contribution in [0, 0.1) is 0 Å². The smallest absolute Gasteiger partial charge is 0.278 e. The van der Waals surface area contributed by atoms with Gasteiger partial charge >= 0.3 is 0 Å². The molecule has 0 bridgehead atoms. The van der Waals surface area contributed by atoms with Crippen molar-refractivity contribution in [3.63, 3.8) is 0 Å². The van der Waals surface area contributed by atoms with Crippen molar-refractivity contribution in [3.05, 3.63) is 5.82 Å². The molecule has 17 heavy (non-hydrogen) atoms. The van der Waals surface area contributed by atoms with Crippen molar-refractivity contribution in [2.75, 3.05) is 5.73 Å². The van der Waals surface area contributed by atoms with Crippen molar-refractivity contribution >= 4 is 39.2 Å². The summed E-state index contributed by atoms with van der Waals surface area (Å²) >= 11 is 6.38. The summed E-state index contributed by atoms with van der Waals surface area (Å²) in [5, 5.41) is 3.26. The Hall–Kier alpha value is -1.21. The first-order valence-corrected chi connectivity index (χ1v) is 6.35. The molecule has 2 rings (SSSR count). The van der Waals surface area contributed by atoms with Crippen LogP contribution in [0.1, 0.15) is 31.5 Å².